The lowest BCUT2D eigenvalue weighted by Crippen LogP contribution is -2.44. The minimum atomic E-state index is -1.81. The fraction of sp³-hybridized carbons (Fsp3) is 0.632. The third-order valence-corrected chi connectivity index (χ3v) is 10.1. The molecular formula is C19H30N2O3Si. The molecule has 0 saturated carbocycles. The Morgan fingerprint density at radius 3 is 2.80 bits per heavy atom. The average Bonchev–Trinajstić information content (AvgIpc) is 2.88. The first-order valence-electron chi connectivity index (χ1n) is 9.04. The number of fused-ring (bicyclic) bond motifs is 3. The second-order valence-corrected chi connectivity index (χ2v) is 13.4. The molecule has 25 heavy (non-hydrogen) atoms. The highest BCUT2D eigenvalue weighted by atomic mass is 28.4. The van der Waals surface area contributed by atoms with Crippen LogP contribution in [0.2, 0.25) is 18.1 Å². The van der Waals surface area contributed by atoms with Gasteiger partial charge in [0.1, 0.15) is 12.4 Å². The number of rotatable bonds is 4. The number of hydrogen-bond acceptors (Lipinski definition) is 4. The Morgan fingerprint density at radius 1 is 1.40 bits per heavy atom. The van der Waals surface area contributed by atoms with Crippen LogP contribution in [-0.4, -0.2) is 42.0 Å². The van der Waals surface area contributed by atoms with Gasteiger partial charge >= 0.3 is 0 Å². The molecule has 0 aliphatic carbocycles. The van der Waals surface area contributed by atoms with E-state index in [0.29, 0.717) is 19.6 Å². The zero-order chi connectivity index (χ0) is 18.4. The van der Waals surface area contributed by atoms with Crippen LogP contribution in [0.25, 0.3) is 10.9 Å². The standard InChI is InChI=1S/C19H30N2O3Si/c1-13(24-25(5,6)19(2,3)4)11-21-18-14(10-20-21)7-8-17-16(18)9-15(22)12-23-17/h7-8,10,13,15,22H,9,11-12H2,1-6H3. The quantitative estimate of drug-likeness (QED) is 0.842. The van der Waals surface area contributed by atoms with Crippen LogP contribution in [0.5, 0.6) is 5.75 Å². The molecule has 1 aliphatic heterocycles. The van der Waals surface area contributed by atoms with E-state index in [1.165, 1.54) is 0 Å². The van der Waals surface area contributed by atoms with Crippen LogP contribution < -0.4 is 4.74 Å². The van der Waals surface area contributed by atoms with E-state index >= 15 is 0 Å². The van der Waals surface area contributed by atoms with Crippen molar-refractivity contribution in [1.29, 1.82) is 0 Å². The molecule has 6 heteroatoms. The molecule has 5 nitrogen and oxygen atoms in total. The molecule has 3 rings (SSSR count). The summed E-state index contributed by atoms with van der Waals surface area (Å²) in [5.74, 6) is 0.859. The zero-order valence-electron chi connectivity index (χ0n) is 16.2. The van der Waals surface area contributed by atoms with Gasteiger partial charge in [0.15, 0.2) is 8.32 Å². The third kappa shape index (κ3) is 3.61. The SMILES string of the molecule is CC(Cn1ncc2ccc3c(c21)CC(O)CO3)O[Si](C)(C)C(C)(C)C. The minimum Gasteiger partial charge on any atom is -0.491 e. The second kappa shape index (κ2) is 6.41. The number of hydrogen-bond donors (Lipinski definition) is 1. The first kappa shape index (κ1) is 18.4. The van der Waals surface area contributed by atoms with Gasteiger partial charge in [-0.1, -0.05) is 20.8 Å². The van der Waals surface area contributed by atoms with Gasteiger partial charge in [0.05, 0.1) is 30.5 Å². The first-order chi connectivity index (χ1) is 11.6. The number of aromatic nitrogens is 2. The lowest BCUT2D eigenvalue weighted by atomic mass is 10.0. The molecule has 0 fully saturated rings. The molecular weight excluding hydrogens is 332 g/mol. The molecule has 1 N–H and O–H groups in total. The molecule has 2 unspecified atom stereocenters. The van der Waals surface area contributed by atoms with E-state index in [0.717, 1.165) is 22.2 Å². The highest BCUT2D eigenvalue weighted by Crippen LogP contribution is 2.38. The number of aliphatic hydroxyl groups excluding tert-OH is 1. The number of ether oxygens (including phenoxy) is 1. The number of nitrogens with zero attached hydrogens (tertiary/aromatic N) is 2. The van der Waals surface area contributed by atoms with E-state index in [4.69, 9.17) is 9.16 Å². The normalized spacial score (nSPS) is 19.6. The summed E-state index contributed by atoms with van der Waals surface area (Å²) < 4.78 is 14.2. The van der Waals surface area contributed by atoms with Crippen LogP contribution in [0.1, 0.15) is 33.3 Å². The molecule has 0 bridgehead atoms. The van der Waals surface area contributed by atoms with Crippen molar-refractivity contribution in [2.24, 2.45) is 0 Å². The van der Waals surface area contributed by atoms with E-state index in [1.807, 2.05) is 23.0 Å². The molecule has 0 saturated heterocycles. The van der Waals surface area contributed by atoms with Crippen LogP contribution >= 0.6 is 0 Å². The lowest BCUT2D eigenvalue weighted by Gasteiger charge is -2.38. The Kier molecular flexibility index (Phi) is 4.72. The van der Waals surface area contributed by atoms with Gasteiger partial charge in [-0.3, -0.25) is 4.68 Å². The van der Waals surface area contributed by atoms with Gasteiger partial charge in [0, 0.05) is 17.4 Å². The molecule has 1 aromatic carbocycles. The Bertz CT molecular complexity index is 764. The maximum Gasteiger partial charge on any atom is 0.192 e. The molecule has 138 valence electrons. The fourth-order valence-electron chi connectivity index (χ4n) is 3.15. The van der Waals surface area contributed by atoms with Gasteiger partial charge in [-0.05, 0) is 37.2 Å². The Balaban J connectivity index is 1.87. The van der Waals surface area contributed by atoms with Gasteiger partial charge in [-0.2, -0.15) is 5.10 Å². The van der Waals surface area contributed by atoms with Gasteiger partial charge in [-0.25, -0.2) is 0 Å². The van der Waals surface area contributed by atoms with Crippen molar-refractivity contribution in [2.75, 3.05) is 6.61 Å². The van der Waals surface area contributed by atoms with E-state index in [9.17, 15) is 5.11 Å². The summed E-state index contributed by atoms with van der Waals surface area (Å²) in [6, 6.07) is 4.01. The molecule has 2 heterocycles. The van der Waals surface area contributed by atoms with Crippen LogP contribution in [0.3, 0.4) is 0 Å². The second-order valence-electron chi connectivity index (χ2n) is 8.66. The highest BCUT2D eigenvalue weighted by Gasteiger charge is 2.38. The smallest absolute Gasteiger partial charge is 0.192 e. The highest BCUT2D eigenvalue weighted by molar-refractivity contribution is 6.74. The van der Waals surface area contributed by atoms with Gasteiger partial charge < -0.3 is 14.3 Å². The predicted octanol–water partition coefficient (Wildman–Crippen LogP) is 3.74. The average molecular weight is 363 g/mol. The van der Waals surface area contributed by atoms with Crippen molar-refractivity contribution < 1.29 is 14.3 Å². The molecule has 2 aromatic rings. The minimum absolute atomic E-state index is 0.0780. The van der Waals surface area contributed by atoms with Crippen LogP contribution in [0, 0.1) is 0 Å². The van der Waals surface area contributed by atoms with Crippen molar-refractivity contribution in [3.05, 3.63) is 23.9 Å². The molecule has 0 spiro atoms. The number of aliphatic hydroxyl groups is 1. The van der Waals surface area contributed by atoms with Crippen LogP contribution in [-0.2, 0) is 17.4 Å². The molecule has 1 aromatic heterocycles. The summed E-state index contributed by atoms with van der Waals surface area (Å²) in [5, 5.41) is 15.8. The lowest BCUT2D eigenvalue weighted by molar-refractivity contribution is 0.0925. The summed E-state index contributed by atoms with van der Waals surface area (Å²) in [4.78, 5) is 0. The zero-order valence-corrected chi connectivity index (χ0v) is 17.2. The van der Waals surface area contributed by atoms with E-state index in [-0.39, 0.29) is 11.1 Å². The first-order valence-corrected chi connectivity index (χ1v) is 12.0. The van der Waals surface area contributed by atoms with E-state index < -0.39 is 14.4 Å². The van der Waals surface area contributed by atoms with Crippen molar-refractivity contribution in [2.45, 2.75) is 71.0 Å². The molecule has 0 radical (unpaired) electrons. The molecule has 0 amide bonds. The fourth-order valence-corrected chi connectivity index (χ4v) is 4.58. The number of benzene rings is 1. The Morgan fingerprint density at radius 2 is 2.12 bits per heavy atom. The maximum atomic E-state index is 9.99. The van der Waals surface area contributed by atoms with E-state index in [1.54, 1.807) is 0 Å². The summed E-state index contributed by atoms with van der Waals surface area (Å²) >= 11 is 0. The Hall–Kier alpha value is -1.37. The van der Waals surface area contributed by atoms with Crippen molar-refractivity contribution in [3.8, 4) is 5.75 Å². The summed E-state index contributed by atoms with van der Waals surface area (Å²) in [6.07, 6.45) is 2.11. The summed E-state index contributed by atoms with van der Waals surface area (Å²) in [7, 11) is -1.81. The Labute approximate surface area is 151 Å². The maximum absolute atomic E-state index is 9.99. The van der Waals surface area contributed by atoms with Crippen molar-refractivity contribution >= 4 is 19.2 Å². The predicted molar refractivity (Wildman–Crippen MR) is 103 cm³/mol. The monoisotopic (exact) mass is 362 g/mol. The van der Waals surface area contributed by atoms with Crippen molar-refractivity contribution in [3.63, 3.8) is 0 Å². The molecule has 2 atom stereocenters. The summed E-state index contributed by atoms with van der Waals surface area (Å²) in [6.45, 7) is 14.5. The van der Waals surface area contributed by atoms with Crippen LogP contribution in [0.15, 0.2) is 18.3 Å². The van der Waals surface area contributed by atoms with Gasteiger partial charge in [0.25, 0.3) is 0 Å². The van der Waals surface area contributed by atoms with Crippen LogP contribution in [0.4, 0.5) is 0 Å². The van der Waals surface area contributed by atoms with Gasteiger partial charge in [0.2, 0.25) is 0 Å². The largest absolute Gasteiger partial charge is 0.491 e. The molecule has 1 aliphatic rings. The summed E-state index contributed by atoms with van der Waals surface area (Å²) in [5.41, 5.74) is 2.11. The third-order valence-electron chi connectivity index (χ3n) is 5.47. The topological polar surface area (TPSA) is 56.5 Å². The van der Waals surface area contributed by atoms with E-state index in [2.05, 4.69) is 45.9 Å². The van der Waals surface area contributed by atoms with Crippen molar-refractivity contribution in [1.82, 2.24) is 9.78 Å². The van der Waals surface area contributed by atoms with Gasteiger partial charge in [-0.15, -0.1) is 0 Å².